The van der Waals surface area contributed by atoms with Crippen molar-refractivity contribution in [1.82, 2.24) is 9.55 Å². The number of halogens is 4. The molecule has 2 aromatic carbocycles. The zero-order chi connectivity index (χ0) is 41.1. The number of carbonyl (C=O) groups excluding carboxylic acids is 3. The molecule has 0 radical (unpaired) electrons. The lowest BCUT2D eigenvalue weighted by Crippen LogP contribution is -2.31. The highest BCUT2D eigenvalue weighted by molar-refractivity contribution is 6.35. The van der Waals surface area contributed by atoms with Gasteiger partial charge in [-0.1, -0.05) is 124 Å². The van der Waals surface area contributed by atoms with E-state index in [1.165, 1.54) is 0 Å². The maximum absolute atomic E-state index is 11.9. The standard InChI is InChI=1S/C23H40O8.C18H14Cl4N2O/c1-3-5-7-9-11-13-21(26)29-17-19(31-23(28)16-15-20(24)25)18-30-22(27)14-12-10-8-6-4-2;19-13-2-1-12(16(21)7-13)10-25-18(9-24-6-5-23-11-24)15-4-3-14(20)8-17(15)22/h19H,3-18H2,1-2H3,(H,24,25);1-8,11,18H,9-10H2. The molecule has 56 heavy (non-hydrogen) atoms. The number of carbonyl (C=O) groups is 4. The predicted octanol–water partition coefficient (Wildman–Crippen LogP) is 11.0. The highest BCUT2D eigenvalue weighted by atomic mass is 35.5. The van der Waals surface area contributed by atoms with Gasteiger partial charge in [-0.25, -0.2) is 4.98 Å². The Bertz CT molecular complexity index is 1580. The lowest BCUT2D eigenvalue weighted by molar-refractivity contribution is -0.167. The van der Waals surface area contributed by atoms with E-state index in [1.54, 1.807) is 36.8 Å². The minimum absolute atomic E-state index is 0.226. The zero-order valence-electron chi connectivity index (χ0n) is 32.2. The van der Waals surface area contributed by atoms with E-state index in [9.17, 15) is 19.2 Å². The summed E-state index contributed by atoms with van der Waals surface area (Å²) in [6, 6.07) is 10.7. The van der Waals surface area contributed by atoms with Crippen molar-refractivity contribution in [3.05, 3.63) is 86.3 Å². The van der Waals surface area contributed by atoms with E-state index < -0.39 is 30.0 Å². The Kier molecular flexibility index (Phi) is 25.2. The van der Waals surface area contributed by atoms with Crippen LogP contribution in [0.15, 0.2) is 55.1 Å². The summed E-state index contributed by atoms with van der Waals surface area (Å²) in [6.07, 6.45) is 14.0. The lowest BCUT2D eigenvalue weighted by atomic mass is 10.1. The van der Waals surface area contributed by atoms with Gasteiger partial charge < -0.3 is 28.6 Å². The van der Waals surface area contributed by atoms with Gasteiger partial charge in [0.1, 0.15) is 19.3 Å². The van der Waals surface area contributed by atoms with Gasteiger partial charge in [-0.3, -0.25) is 19.2 Å². The second-order valence-corrected chi connectivity index (χ2v) is 14.8. The van der Waals surface area contributed by atoms with Crippen LogP contribution in [0.1, 0.15) is 121 Å². The van der Waals surface area contributed by atoms with Crippen molar-refractivity contribution >= 4 is 70.3 Å². The molecule has 0 saturated heterocycles. The van der Waals surface area contributed by atoms with Crippen molar-refractivity contribution in [3.63, 3.8) is 0 Å². The molecule has 0 aliphatic rings. The van der Waals surface area contributed by atoms with E-state index in [-0.39, 0.29) is 45.0 Å². The summed E-state index contributed by atoms with van der Waals surface area (Å²) in [6.45, 7) is 4.67. The predicted molar refractivity (Wildman–Crippen MR) is 218 cm³/mol. The third-order valence-electron chi connectivity index (χ3n) is 8.37. The van der Waals surface area contributed by atoms with Crippen LogP contribution in [0.4, 0.5) is 0 Å². The SMILES string of the molecule is CCCCCCCC(=O)OCC(COC(=O)CCCCCCC)OC(=O)CCC(=O)O.Clc1ccc(COC(Cn2ccnc2)c2ccc(Cl)cc2Cl)c(Cl)c1. The van der Waals surface area contributed by atoms with Gasteiger partial charge in [0.2, 0.25) is 0 Å². The molecule has 15 heteroatoms. The van der Waals surface area contributed by atoms with Crippen molar-refractivity contribution < 1.29 is 43.2 Å². The second kappa shape index (κ2) is 29.0. The molecule has 1 aromatic heterocycles. The number of unbranched alkanes of at least 4 members (excludes halogenated alkanes) is 8. The summed E-state index contributed by atoms with van der Waals surface area (Å²) in [7, 11) is 0. The Balaban J connectivity index is 0.000000393. The summed E-state index contributed by atoms with van der Waals surface area (Å²) in [5, 5.41) is 11.0. The molecular formula is C41H54Cl4N2O9. The molecule has 0 aliphatic carbocycles. The normalized spacial score (nSPS) is 11.4. The number of benzene rings is 2. The molecule has 0 fully saturated rings. The molecule has 3 aromatic rings. The van der Waals surface area contributed by atoms with E-state index in [0.717, 1.165) is 75.3 Å². The van der Waals surface area contributed by atoms with Crippen LogP contribution in [-0.4, -0.2) is 57.9 Å². The Hall–Kier alpha value is -3.35. The van der Waals surface area contributed by atoms with Crippen LogP contribution >= 0.6 is 46.4 Å². The van der Waals surface area contributed by atoms with Crippen LogP contribution in [0, 0.1) is 0 Å². The molecule has 0 saturated carbocycles. The number of aromatic nitrogens is 2. The summed E-state index contributed by atoms with van der Waals surface area (Å²) in [5.41, 5.74) is 1.71. The monoisotopic (exact) mass is 858 g/mol. The number of ether oxygens (including phenoxy) is 4. The maximum Gasteiger partial charge on any atom is 0.306 e. The highest BCUT2D eigenvalue weighted by Gasteiger charge is 2.21. The Morgan fingerprint density at radius 3 is 1.80 bits per heavy atom. The summed E-state index contributed by atoms with van der Waals surface area (Å²) in [5.74, 6) is -2.65. The van der Waals surface area contributed by atoms with Gasteiger partial charge in [-0.15, -0.1) is 0 Å². The molecule has 1 N–H and O–H groups in total. The van der Waals surface area contributed by atoms with Crippen molar-refractivity contribution in [1.29, 1.82) is 0 Å². The number of aliphatic carboxylic acids is 1. The third kappa shape index (κ3) is 21.8. The van der Waals surface area contributed by atoms with Crippen LogP contribution in [0.2, 0.25) is 20.1 Å². The fraction of sp³-hybridized carbons (Fsp3) is 0.537. The van der Waals surface area contributed by atoms with Crippen LogP contribution in [-0.2, 0) is 51.3 Å². The van der Waals surface area contributed by atoms with E-state index in [4.69, 9.17) is 70.5 Å². The first-order chi connectivity index (χ1) is 26.9. The molecule has 0 aliphatic heterocycles. The molecule has 310 valence electrons. The minimum atomic E-state index is -1.11. The first kappa shape index (κ1) is 48.8. The summed E-state index contributed by atoms with van der Waals surface area (Å²) in [4.78, 5) is 50.3. The van der Waals surface area contributed by atoms with Crippen LogP contribution in [0.5, 0.6) is 0 Å². The molecular weight excluding hydrogens is 806 g/mol. The highest BCUT2D eigenvalue weighted by Crippen LogP contribution is 2.31. The van der Waals surface area contributed by atoms with Crippen LogP contribution in [0.25, 0.3) is 0 Å². The largest absolute Gasteiger partial charge is 0.481 e. The Morgan fingerprint density at radius 2 is 1.29 bits per heavy atom. The van der Waals surface area contributed by atoms with Crippen LogP contribution < -0.4 is 0 Å². The molecule has 1 unspecified atom stereocenters. The van der Waals surface area contributed by atoms with Gasteiger partial charge in [0.25, 0.3) is 0 Å². The number of nitrogens with zero attached hydrogens (tertiary/aromatic N) is 2. The van der Waals surface area contributed by atoms with E-state index in [0.29, 0.717) is 33.2 Å². The Labute approximate surface area is 350 Å². The van der Waals surface area contributed by atoms with Crippen molar-refractivity contribution in [3.8, 4) is 0 Å². The van der Waals surface area contributed by atoms with Gasteiger partial charge >= 0.3 is 23.9 Å². The summed E-state index contributed by atoms with van der Waals surface area (Å²) < 4.78 is 23.6. The van der Waals surface area contributed by atoms with E-state index in [1.807, 2.05) is 22.9 Å². The average Bonchev–Trinajstić information content (AvgIpc) is 3.67. The number of imidazole rings is 1. The smallest absolute Gasteiger partial charge is 0.306 e. The number of carboxylic acids is 1. The van der Waals surface area contributed by atoms with Gasteiger partial charge in [-0.05, 0) is 42.7 Å². The Morgan fingerprint density at radius 1 is 0.714 bits per heavy atom. The van der Waals surface area contributed by atoms with Gasteiger partial charge in [0, 0.05) is 50.9 Å². The molecule has 0 bridgehead atoms. The molecule has 0 spiro atoms. The fourth-order valence-corrected chi connectivity index (χ4v) is 6.24. The van der Waals surface area contributed by atoms with Crippen LogP contribution in [0.3, 0.4) is 0 Å². The van der Waals surface area contributed by atoms with Gasteiger partial charge in [0.05, 0.1) is 32.3 Å². The summed E-state index contributed by atoms with van der Waals surface area (Å²) >= 11 is 24.5. The topological polar surface area (TPSA) is 143 Å². The number of hydrogen-bond acceptors (Lipinski definition) is 9. The molecule has 3 rings (SSSR count). The molecule has 1 heterocycles. The van der Waals surface area contributed by atoms with Crippen molar-refractivity contribution in [2.45, 2.75) is 129 Å². The minimum Gasteiger partial charge on any atom is -0.481 e. The molecule has 11 nitrogen and oxygen atoms in total. The third-order valence-corrected chi connectivity index (χ3v) is 9.52. The van der Waals surface area contributed by atoms with Crippen molar-refractivity contribution in [2.75, 3.05) is 13.2 Å². The molecule has 0 amide bonds. The average molecular weight is 861 g/mol. The maximum atomic E-state index is 11.9. The first-order valence-corrected chi connectivity index (χ1v) is 20.6. The number of carboxylic acid groups (broad SMARTS) is 1. The number of esters is 3. The molecule has 1 atom stereocenters. The first-order valence-electron chi connectivity index (χ1n) is 19.1. The van der Waals surface area contributed by atoms with E-state index in [2.05, 4.69) is 18.8 Å². The fourth-order valence-electron chi connectivity index (χ4n) is 5.25. The number of rotatable bonds is 26. The van der Waals surface area contributed by atoms with Crippen molar-refractivity contribution in [2.24, 2.45) is 0 Å². The van der Waals surface area contributed by atoms with Gasteiger partial charge in [-0.2, -0.15) is 0 Å². The number of hydrogen-bond donors (Lipinski definition) is 1. The zero-order valence-corrected chi connectivity index (χ0v) is 35.2. The van der Waals surface area contributed by atoms with E-state index >= 15 is 0 Å². The quantitative estimate of drug-likeness (QED) is 0.0471. The lowest BCUT2D eigenvalue weighted by Gasteiger charge is -2.21. The second-order valence-electron chi connectivity index (χ2n) is 13.2. The van der Waals surface area contributed by atoms with Gasteiger partial charge in [0.15, 0.2) is 6.10 Å².